The first-order valence-electron chi connectivity index (χ1n) is 38.6. The number of nitrogens with one attached hydrogen (secondary N) is 4. The van der Waals surface area contributed by atoms with Gasteiger partial charge in [0.2, 0.25) is 11.8 Å². The number of ether oxygens (including phenoxy) is 4. The smallest absolute Gasteiger partial charge is 0.410 e. The molecule has 4 atom stereocenters. The number of hydrogen-bond donors (Lipinski definition) is 4. The molecule has 16 rings (SSSR count). The lowest BCUT2D eigenvalue weighted by atomic mass is 9.78. The normalized spacial score (nSPS) is 17.0. The predicted molar refractivity (Wildman–Crippen MR) is 432 cm³/mol. The highest BCUT2D eigenvalue weighted by Crippen LogP contribution is 2.47. The molecule has 0 spiro atoms. The molecular formula is C88H96N12O10S2. The van der Waals surface area contributed by atoms with Gasteiger partial charge < -0.3 is 39.4 Å². The molecule has 6 aliphatic rings. The molecule has 0 saturated heterocycles. The molecule has 4 N–H and O–H groups in total. The van der Waals surface area contributed by atoms with Gasteiger partial charge in [-0.1, -0.05) is 194 Å². The second kappa shape index (κ2) is 31.1. The van der Waals surface area contributed by atoms with Gasteiger partial charge in [-0.3, -0.25) is 0 Å². The third-order valence-electron chi connectivity index (χ3n) is 21.7. The van der Waals surface area contributed by atoms with Crippen molar-refractivity contribution in [2.24, 2.45) is 8.73 Å². The van der Waals surface area contributed by atoms with Gasteiger partial charge >= 0.3 is 24.2 Å². The zero-order chi connectivity index (χ0) is 78.2. The minimum Gasteiger partial charge on any atom is -0.475 e. The van der Waals surface area contributed by atoms with E-state index in [-0.39, 0.29) is 47.9 Å². The van der Waals surface area contributed by atoms with E-state index in [4.69, 9.17) is 27.7 Å². The lowest BCUT2D eigenvalue weighted by Crippen LogP contribution is -2.48. The number of amides is 6. The Kier molecular flexibility index (Phi) is 21.2. The molecule has 4 aliphatic carbocycles. The number of fused-ring (bicyclic) bond motifs is 6. The fourth-order valence-corrected chi connectivity index (χ4v) is 20.1. The van der Waals surface area contributed by atoms with Gasteiger partial charge in [0.25, 0.3) is 0 Å². The van der Waals surface area contributed by atoms with Crippen LogP contribution in [0.1, 0.15) is 145 Å². The van der Waals surface area contributed by atoms with E-state index in [2.05, 4.69) is 42.4 Å². The molecule has 112 heavy (non-hydrogen) atoms. The highest BCUT2D eigenvalue weighted by molar-refractivity contribution is 7.92. The van der Waals surface area contributed by atoms with Gasteiger partial charge in [-0.05, 0) is 196 Å². The van der Waals surface area contributed by atoms with Crippen LogP contribution in [0.4, 0.5) is 30.6 Å². The number of benzene rings is 8. The monoisotopic (exact) mass is 1540 g/mol. The Morgan fingerprint density at radius 2 is 0.696 bits per heavy atom. The summed E-state index contributed by atoms with van der Waals surface area (Å²) in [7, 11) is -4.57. The van der Waals surface area contributed by atoms with E-state index >= 15 is 8.42 Å². The Balaban J connectivity index is 0.000000177. The molecule has 4 heterocycles. The van der Waals surface area contributed by atoms with Gasteiger partial charge in [0.15, 0.2) is 19.8 Å². The van der Waals surface area contributed by atoms with E-state index in [0.717, 1.165) is 144 Å². The quantitative estimate of drug-likeness (QED) is 0.0659. The second-order valence-electron chi connectivity index (χ2n) is 31.5. The number of rotatable bonds is 16. The fraction of sp³-hybridized carbons (Fsp3) is 0.341. The average molecular weight is 1550 g/mol. The summed E-state index contributed by atoms with van der Waals surface area (Å²) in [5, 5.41) is 15.6. The van der Waals surface area contributed by atoms with Crippen LogP contribution in [0, 0.1) is 0 Å². The molecule has 0 radical (unpaired) electrons. The van der Waals surface area contributed by atoms with Crippen LogP contribution in [0.25, 0.3) is 0 Å². The van der Waals surface area contributed by atoms with Crippen molar-refractivity contribution in [2.45, 2.75) is 176 Å². The second-order valence-corrected chi connectivity index (χ2v) is 35.3. The van der Waals surface area contributed by atoms with Crippen molar-refractivity contribution in [3.63, 3.8) is 0 Å². The summed E-state index contributed by atoms with van der Waals surface area (Å²) >= 11 is 0. The molecule has 2 aromatic heterocycles. The number of anilines is 2. The first-order chi connectivity index (χ1) is 53.9. The molecule has 0 bridgehead atoms. The minimum absolute atomic E-state index is 0.0830. The summed E-state index contributed by atoms with van der Waals surface area (Å²) in [5.74, 6) is 0.412. The van der Waals surface area contributed by atoms with Crippen molar-refractivity contribution in [2.75, 3.05) is 37.9 Å². The highest BCUT2D eigenvalue weighted by Gasteiger charge is 2.45. The number of carbonyl (C=O) groups is 4. The summed E-state index contributed by atoms with van der Waals surface area (Å²) in [5.41, 5.74) is 11.8. The van der Waals surface area contributed by atoms with Crippen molar-refractivity contribution < 1.29 is 46.5 Å². The van der Waals surface area contributed by atoms with E-state index in [9.17, 15) is 19.2 Å². The first kappa shape index (κ1) is 76.1. The maximum absolute atomic E-state index is 16.2. The number of carbonyl (C=O) groups excluding carboxylic acids is 4. The zero-order valence-corrected chi connectivity index (χ0v) is 66.2. The zero-order valence-electron chi connectivity index (χ0n) is 64.6. The Morgan fingerprint density at radius 3 is 0.955 bits per heavy atom. The Morgan fingerprint density at radius 1 is 0.429 bits per heavy atom. The van der Waals surface area contributed by atoms with Crippen LogP contribution in [-0.2, 0) is 105 Å². The molecule has 0 fully saturated rings. The van der Waals surface area contributed by atoms with Crippen molar-refractivity contribution in [3.8, 4) is 11.8 Å². The third-order valence-corrected chi connectivity index (χ3v) is 25.5. The third kappa shape index (κ3) is 15.3. The van der Waals surface area contributed by atoms with Crippen LogP contribution in [0.15, 0.2) is 225 Å². The van der Waals surface area contributed by atoms with Crippen molar-refractivity contribution in [1.82, 2.24) is 38.8 Å². The first-order valence-corrected chi connectivity index (χ1v) is 41.6. The number of urea groups is 2. The Bertz CT molecular complexity index is 4850. The Hall–Kier alpha value is -11.2. The largest absolute Gasteiger partial charge is 0.475 e. The van der Waals surface area contributed by atoms with Crippen LogP contribution in [-0.4, -0.2) is 113 Å². The molecular weight excluding hydrogens is 1450 g/mol. The standard InChI is InChI=1S/2C44H48N6O5S/c2*1-43(2,3)55-42(52)49(4)35-28-50-40(54-29-35)38(27-45-50)56(53,47-41(51)46-39-36-24-14-16-30(36)26-31-17-15-25-37(31)39)48-44(32-18-8-5-9-19-32,33-20-10-6-11-21-33)34-22-12-7-13-23-34/h2*5-13,18-23,26-27,35H,14-17,24-25,28-29H2,1-4H3,(H2,46,47,48,51,53)/t2*35-,56?/m00/s1. The predicted octanol–water partition coefficient (Wildman–Crippen LogP) is 16.1. The SMILES string of the molecule is CN(C(=O)OC(C)(C)C)[C@@H]1COc2c(S(=O)(=NC(c3ccccc3)(c3ccccc3)c3ccccc3)NC(=O)Nc3c4c(cc5c3CCC5)CCC4)cnn2C1.CN(C(=O)OC(C)(C)C)[C@@H]1COc2c(S(=O)(=NC(c3ccccc3)(c3ccccc3)c3ccccc3)NC(=O)Nc3c4c(cc5c3CCC5)CCC4)cnn2C1. The maximum atomic E-state index is 16.2. The van der Waals surface area contributed by atoms with Crippen molar-refractivity contribution >= 4 is 55.5 Å². The molecule has 24 heteroatoms. The molecule has 2 aliphatic heterocycles. The molecule has 8 aromatic carbocycles. The molecule has 2 unspecified atom stereocenters. The van der Waals surface area contributed by atoms with Crippen LogP contribution in [0.3, 0.4) is 0 Å². The van der Waals surface area contributed by atoms with Gasteiger partial charge in [-0.25, -0.2) is 46.4 Å². The van der Waals surface area contributed by atoms with Crippen LogP contribution < -0.4 is 29.6 Å². The van der Waals surface area contributed by atoms with Gasteiger partial charge in [-0.15, -0.1) is 0 Å². The van der Waals surface area contributed by atoms with Gasteiger partial charge in [0, 0.05) is 25.5 Å². The van der Waals surface area contributed by atoms with Gasteiger partial charge in [-0.2, -0.15) is 18.9 Å². The van der Waals surface area contributed by atoms with E-state index in [1.807, 2.05) is 224 Å². The van der Waals surface area contributed by atoms with Crippen LogP contribution in [0.2, 0.25) is 0 Å². The fourth-order valence-electron chi connectivity index (χ4n) is 16.4. The number of hydrogen-bond acceptors (Lipinski definition) is 14. The van der Waals surface area contributed by atoms with E-state index in [0.29, 0.717) is 0 Å². The summed E-state index contributed by atoms with van der Waals surface area (Å²) in [6.07, 6.45) is 13.4. The molecule has 580 valence electrons. The number of nitrogens with zero attached hydrogens (tertiary/aromatic N) is 8. The number of aryl methyl sites for hydroxylation is 4. The Labute approximate surface area is 655 Å². The van der Waals surface area contributed by atoms with E-state index < -0.39 is 78.4 Å². The molecule has 22 nitrogen and oxygen atoms in total. The topological polar surface area (TPSA) is 254 Å². The summed E-state index contributed by atoms with van der Waals surface area (Å²) in [4.78, 5) is 58.3. The van der Waals surface area contributed by atoms with E-state index in [1.165, 1.54) is 44.4 Å². The number of aromatic nitrogens is 4. The van der Waals surface area contributed by atoms with Gasteiger partial charge in [0.1, 0.15) is 45.3 Å². The summed E-state index contributed by atoms with van der Waals surface area (Å²) < 4.78 is 76.2. The number of likely N-dealkylation sites (N-methyl/N-ethyl adjacent to an activating group) is 2. The lowest BCUT2D eigenvalue weighted by Gasteiger charge is -2.34. The molecule has 6 amide bonds. The van der Waals surface area contributed by atoms with Crippen molar-refractivity contribution in [3.05, 3.63) is 284 Å². The highest BCUT2D eigenvalue weighted by atomic mass is 32.2. The molecule has 0 saturated carbocycles. The van der Waals surface area contributed by atoms with Crippen molar-refractivity contribution in [1.29, 1.82) is 0 Å². The van der Waals surface area contributed by atoms with Gasteiger partial charge in [0.05, 0.1) is 37.6 Å². The average Bonchev–Trinajstić information content (AvgIpc) is 0.873. The summed E-state index contributed by atoms with van der Waals surface area (Å²) in [6, 6.07) is 60.7. The molecule has 10 aromatic rings. The van der Waals surface area contributed by atoms with E-state index in [1.54, 1.807) is 23.5 Å². The van der Waals surface area contributed by atoms with Crippen LogP contribution in [0.5, 0.6) is 11.8 Å². The van der Waals surface area contributed by atoms with Crippen LogP contribution >= 0.6 is 0 Å². The maximum Gasteiger partial charge on any atom is 0.410 e. The lowest BCUT2D eigenvalue weighted by molar-refractivity contribution is 0.00935. The summed E-state index contributed by atoms with van der Waals surface area (Å²) in [6.45, 7) is 11.6. The minimum atomic E-state index is -3.94.